The molecule has 0 aromatic heterocycles. The smallest absolute Gasteiger partial charge is 0.251 e. The molecule has 0 saturated heterocycles. The molecule has 21 heavy (non-hydrogen) atoms. The average Bonchev–Trinajstić information content (AvgIpc) is 2.47. The molecule has 2 rings (SSSR count). The van der Waals surface area contributed by atoms with Crippen molar-refractivity contribution in [1.29, 1.82) is 0 Å². The van der Waals surface area contributed by atoms with E-state index < -0.39 is 0 Å². The monoisotopic (exact) mass is 353 g/mol. The third-order valence-electron chi connectivity index (χ3n) is 4.41. The van der Waals surface area contributed by atoms with E-state index in [1.54, 1.807) is 7.11 Å². The summed E-state index contributed by atoms with van der Waals surface area (Å²) in [5.41, 5.74) is 0.677. The van der Waals surface area contributed by atoms with Gasteiger partial charge in [-0.05, 0) is 58.8 Å². The van der Waals surface area contributed by atoms with E-state index in [9.17, 15) is 4.79 Å². The van der Waals surface area contributed by atoms with Crippen molar-refractivity contribution >= 4 is 21.8 Å². The standard InChI is InChI=1S/C17H24BrNO2/c1-11(2)13-6-4-5-7-15(13)19-17(20)12-8-9-16(21-3)14(18)10-12/h8-11,13,15H,4-7H2,1-3H3,(H,19,20). The Morgan fingerprint density at radius 1 is 1.33 bits per heavy atom. The molecular weight excluding hydrogens is 330 g/mol. The van der Waals surface area contributed by atoms with Crippen molar-refractivity contribution in [3.8, 4) is 5.75 Å². The molecule has 2 unspecified atom stereocenters. The lowest BCUT2D eigenvalue weighted by atomic mass is 9.78. The van der Waals surface area contributed by atoms with Gasteiger partial charge in [-0.3, -0.25) is 4.79 Å². The minimum atomic E-state index is 0.0101. The van der Waals surface area contributed by atoms with Crippen molar-refractivity contribution in [2.45, 2.75) is 45.6 Å². The van der Waals surface area contributed by atoms with E-state index in [0.717, 1.165) is 16.6 Å². The molecule has 0 aliphatic heterocycles. The van der Waals surface area contributed by atoms with Crippen LogP contribution < -0.4 is 10.1 Å². The van der Waals surface area contributed by atoms with Gasteiger partial charge >= 0.3 is 0 Å². The molecule has 1 fully saturated rings. The number of carbonyl (C=O) groups is 1. The summed E-state index contributed by atoms with van der Waals surface area (Å²) in [6.45, 7) is 4.50. The lowest BCUT2D eigenvalue weighted by Gasteiger charge is -2.34. The fourth-order valence-electron chi connectivity index (χ4n) is 3.20. The molecule has 116 valence electrons. The summed E-state index contributed by atoms with van der Waals surface area (Å²) in [6.07, 6.45) is 4.80. The molecule has 3 nitrogen and oxygen atoms in total. The largest absolute Gasteiger partial charge is 0.496 e. The van der Waals surface area contributed by atoms with Crippen molar-refractivity contribution in [1.82, 2.24) is 5.32 Å². The predicted octanol–water partition coefficient (Wildman–Crippen LogP) is 4.40. The summed E-state index contributed by atoms with van der Waals surface area (Å²) >= 11 is 3.43. The zero-order chi connectivity index (χ0) is 15.4. The van der Waals surface area contributed by atoms with Crippen LogP contribution in [0.15, 0.2) is 22.7 Å². The van der Waals surface area contributed by atoms with Gasteiger partial charge in [0.25, 0.3) is 5.91 Å². The average molecular weight is 354 g/mol. The van der Waals surface area contributed by atoms with Crippen molar-refractivity contribution in [3.63, 3.8) is 0 Å². The van der Waals surface area contributed by atoms with Crippen molar-refractivity contribution < 1.29 is 9.53 Å². The maximum atomic E-state index is 12.5. The number of rotatable bonds is 4. The van der Waals surface area contributed by atoms with Crippen LogP contribution in [0.25, 0.3) is 0 Å². The van der Waals surface area contributed by atoms with Crippen LogP contribution in [-0.2, 0) is 0 Å². The summed E-state index contributed by atoms with van der Waals surface area (Å²) in [5.74, 6) is 1.95. The lowest BCUT2D eigenvalue weighted by Crippen LogP contribution is -2.43. The van der Waals surface area contributed by atoms with Gasteiger partial charge in [-0.2, -0.15) is 0 Å². The summed E-state index contributed by atoms with van der Waals surface area (Å²) in [5, 5.41) is 3.23. The minimum Gasteiger partial charge on any atom is -0.496 e. The van der Waals surface area contributed by atoms with Crippen LogP contribution in [0, 0.1) is 11.8 Å². The summed E-state index contributed by atoms with van der Waals surface area (Å²) < 4.78 is 6.01. The van der Waals surface area contributed by atoms with E-state index in [2.05, 4.69) is 35.1 Å². The third-order valence-corrected chi connectivity index (χ3v) is 5.03. The molecular formula is C17H24BrNO2. The SMILES string of the molecule is COc1ccc(C(=O)NC2CCCCC2C(C)C)cc1Br. The number of hydrogen-bond donors (Lipinski definition) is 1. The highest BCUT2D eigenvalue weighted by atomic mass is 79.9. The van der Waals surface area contributed by atoms with Crippen molar-refractivity contribution in [2.75, 3.05) is 7.11 Å². The van der Waals surface area contributed by atoms with E-state index in [0.29, 0.717) is 23.4 Å². The summed E-state index contributed by atoms with van der Waals surface area (Å²) in [4.78, 5) is 12.5. The van der Waals surface area contributed by atoms with Crippen LogP contribution in [0.3, 0.4) is 0 Å². The number of methoxy groups -OCH3 is 1. The number of ether oxygens (including phenoxy) is 1. The van der Waals surface area contributed by atoms with Gasteiger partial charge in [-0.15, -0.1) is 0 Å². The first-order valence-corrected chi connectivity index (χ1v) is 8.46. The first-order valence-electron chi connectivity index (χ1n) is 7.67. The van der Waals surface area contributed by atoms with Gasteiger partial charge in [-0.1, -0.05) is 26.7 Å². The molecule has 0 heterocycles. The molecule has 2 atom stereocenters. The van der Waals surface area contributed by atoms with Crippen molar-refractivity contribution in [2.24, 2.45) is 11.8 Å². The Balaban J connectivity index is 2.07. The maximum absolute atomic E-state index is 12.5. The number of halogens is 1. The van der Waals surface area contributed by atoms with Crippen LogP contribution >= 0.6 is 15.9 Å². The molecule has 1 aromatic carbocycles. The van der Waals surface area contributed by atoms with Crippen LogP contribution in [0.4, 0.5) is 0 Å². The fourth-order valence-corrected chi connectivity index (χ4v) is 3.74. The van der Waals surface area contributed by atoms with Crippen LogP contribution in [0.2, 0.25) is 0 Å². The number of nitrogens with one attached hydrogen (secondary N) is 1. The van der Waals surface area contributed by atoms with E-state index in [1.165, 1.54) is 19.3 Å². The fraction of sp³-hybridized carbons (Fsp3) is 0.588. The van der Waals surface area contributed by atoms with Crippen LogP contribution in [-0.4, -0.2) is 19.1 Å². The highest BCUT2D eigenvalue weighted by Gasteiger charge is 2.28. The zero-order valence-electron chi connectivity index (χ0n) is 13.0. The number of carbonyl (C=O) groups excluding carboxylic acids is 1. The molecule has 0 radical (unpaired) electrons. The Labute approximate surface area is 135 Å². The van der Waals surface area contributed by atoms with Gasteiger partial charge in [0.15, 0.2) is 0 Å². The first kappa shape index (κ1) is 16.3. The molecule has 1 aliphatic rings. The first-order chi connectivity index (χ1) is 10.0. The highest BCUT2D eigenvalue weighted by molar-refractivity contribution is 9.10. The minimum absolute atomic E-state index is 0.0101. The van der Waals surface area contributed by atoms with E-state index in [4.69, 9.17) is 4.74 Å². The number of amides is 1. The second-order valence-electron chi connectivity index (χ2n) is 6.12. The molecule has 1 aromatic rings. The number of hydrogen-bond acceptors (Lipinski definition) is 2. The normalized spacial score (nSPS) is 22.1. The Kier molecular flexibility index (Phi) is 5.68. The van der Waals surface area contributed by atoms with E-state index >= 15 is 0 Å². The van der Waals surface area contributed by atoms with Crippen LogP contribution in [0.5, 0.6) is 5.75 Å². The number of benzene rings is 1. The van der Waals surface area contributed by atoms with E-state index in [-0.39, 0.29) is 5.91 Å². The van der Waals surface area contributed by atoms with Gasteiger partial charge < -0.3 is 10.1 Å². The Morgan fingerprint density at radius 2 is 2.05 bits per heavy atom. The Hall–Kier alpha value is -1.03. The summed E-state index contributed by atoms with van der Waals surface area (Å²) in [6, 6.07) is 5.75. The van der Waals surface area contributed by atoms with Crippen LogP contribution in [0.1, 0.15) is 49.9 Å². The summed E-state index contributed by atoms with van der Waals surface area (Å²) in [7, 11) is 1.62. The molecule has 4 heteroatoms. The highest BCUT2D eigenvalue weighted by Crippen LogP contribution is 2.31. The second kappa shape index (κ2) is 7.30. The topological polar surface area (TPSA) is 38.3 Å². The maximum Gasteiger partial charge on any atom is 0.251 e. The molecule has 1 amide bonds. The molecule has 1 saturated carbocycles. The molecule has 0 bridgehead atoms. The molecule has 1 aliphatic carbocycles. The quantitative estimate of drug-likeness (QED) is 0.870. The predicted molar refractivity (Wildman–Crippen MR) is 88.7 cm³/mol. The second-order valence-corrected chi connectivity index (χ2v) is 6.98. The van der Waals surface area contributed by atoms with Gasteiger partial charge in [0.1, 0.15) is 5.75 Å². The lowest BCUT2D eigenvalue weighted by molar-refractivity contribution is 0.0889. The van der Waals surface area contributed by atoms with Gasteiger partial charge in [0.2, 0.25) is 0 Å². The van der Waals surface area contributed by atoms with Gasteiger partial charge in [0, 0.05) is 11.6 Å². The van der Waals surface area contributed by atoms with Gasteiger partial charge in [-0.25, -0.2) is 0 Å². The Bertz CT molecular complexity index is 502. The Morgan fingerprint density at radius 3 is 2.67 bits per heavy atom. The third kappa shape index (κ3) is 4.00. The van der Waals surface area contributed by atoms with E-state index in [1.807, 2.05) is 18.2 Å². The molecule has 1 N–H and O–H groups in total. The van der Waals surface area contributed by atoms with Gasteiger partial charge in [0.05, 0.1) is 11.6 Å². The molecule has 0 spiro atoms. The zero-order valence-corrected chi connectivity index (χ0v) is 14.6. The van der Waals surface area contributed by atoms with Crippen molar-refractivity contribution in [3.05, 3.63) is 28.2 Å².